The summed E-state index contributed by atoms with van der Waals surface area (Å²) in [7, 11) is 1.72. The van der Waals surface area contributed by atoms with Crippen molar-refractivity contribution in [3.05, 3.63) is 41.5 Å². The maximum absolute atomic E-state index is 5.86. The van der Waals surface area contributed by atoms with Crippen molar-refractivity contribution in [2.24, 2.45) is 0 Å². The molecule has 1 aliphatic carbocycles. The zero-order valence-corrected chi connectivity index (χ0v) is 15.3. The molecule has 1 aromatic heterocycles. The number of nitrogens with two attached hydrogens (primary N) is 1. The van der Waals surface area contributed by atoms with E-state index in [4.69, 9.17) is 10.5 Å². The van der Waals surface area contributed by atoms with E-state index in [1.54, 1.807) is 13.2 Å². The number of aromatic nitrogens is 1. The smallest absolute Gasteiger partial charge is 0.128 e. The third-order valence-electron chi connectivity index (χ3n) is 5.14. The van der Waals surface area contributed by atoms with Gasteiger partial charge in [-0.1, -0.05) is 32.3 Å². The summed E-state index contributed by atoms with van der Waals surface area (Å²) in [6.45, 7) is 3.09. The molecule has 2 aromatic rings. The van der Waals surface area contributed by atoms with Crippen molar-refractivity contribution in [2.75, 3.05) is 12.8 Å². The Labute approximate surface area is 150 Å². The molecule has 1 heterocycles. The second kappa shape index (κ2) is 8.34. The van der Waals surface area contributed by atoms with Gasteiger partial charge in [-0.2, -0.15) is 0 Å². The molecule has 0 unspecified atom stereocenters. The molecule has 0 spiro atoms. The Morgan fingerprint density at radius 3 is 2.64 bits per heavy atom. The van der Waals surface area contributed by atoms with Gasteiger partial charge < -0.3 is 15.8 Å². The Balaban J connectivity index is 1.86. The van der Waals surface area contributed by atoms with E-state index in [1.807, 2.05) is 12.1 Å². The van der Waals surface area contributed by atoms with Crippen LogP contribution in [-0.2, 0) is 13.0 Å². The molecule has 1 saturated carbocycles. The van der Waals surface area contributed by atoms with Gasteiger partial charge in [0.05, 0.1) is 12.8 Å². The van der Waals surface area contributed by atoms with E-state index >= 15 is 0 Å². The standard InChI is InChI=1S/C21H29N3O/c1-3-15-12-18(19-10-7-11-21(22)24-19)20(25-2)13-16(15)14-23-17-8-5-4-6-9-17/h7,10-13,17,23H,3-6,8-9,14H2,1-2H3,(H2,22,24). The summed E-state index contributed by atoms with van der Waals surface area (Å²) in [5, 5.41) is 3.74. The van der Waals surface area contributed by atoms with Crippen molar-refractivity contribution in [3.8, 4) is 17.0 Å². The summed E-state index contributed by atoms with van der Waals surface area (Å²) in [5.41, 5.74) is 10.4. The first-order valence-electron chi connectivity index (χ1n) is 9.37. The number of pyridine rings is 1. The molecule has 0 amide bonds. The van der Waals surface area contributed by atoms with E-state index in [2.05, 4.69) is 29.4 Å². The van der Waals surface area contributed by atoms with Gasteiger partial charge in [0, 0.05) is 18.2 Å². The Hall–Kier alpha value is -2.07. The van der Waals surface area contributed by atoms with Crippen molar-refractivity contribution >= 4 is 5.82 Å². The van der Waals surface area contributed by atoms with Crippen LogP contribution in [0.5, 0.6) is 5.75 Å². The Morgan fingerprint density at radius 2 is 1.96 bits per heavy atom. The van der Waals surface area contributed by atoms with Crippen LogP contribution in [0, 0.1) is 0 Å². The van der Waals surface area contributed by atoms with Gasteiger partial charge in [0.25, 0.3) is 0 Å². The number of benzene rings is 1. The van der Waals surface area contributed by atoms with Crippen LogP contribution in [0.4, 0.5) is 5.82 Å². The molecule has 4 nitrogen and oxygen atoms in total. The molecule has 134 valence electrons. The molecule has 1 fully saturated rings. The number of anilines is 1. The highest BCUT2D eigenvalue weighted by Crippen LogP contribution is 2.33. The highest BCUT2D eigenvalue weighted by atomic mass is 16.5. The van der Waals surface area contributed by atoms with Crippen LogP contribution < -0.4 is 15.8 Å². The Kier molecular flexibility index (Phi) is 5.92. The fraction of sp³-hybridized carbons (Fsp3) is 0.476. The van der Waals surface area contributed by atoms with Gasteiger partial charge in [-0.25, -0.2) is 4.98 Å². The number of nitrogen functional groups attached to an aromatic ring is 1. The molecule has 3 N–H and O–H groups in total. The molecular weight excluding hydrogens is 310 g/mol. The fourth-order valence-corrected chi connectivity index (χ4v) is 3.69. The number of hydrogen-bond donors (Lipinski definition) is 2. The number of aryl methyl sites for hydroxylation is 1. The molecule has 0 saturated heterocycles. The highest BCUT2D eigenvalue weighted by molar-refractivity contribution is 5.70. The summed E-state index contributed by atoms with van der Waals surface area (Å²) >= 11 is 0. The van der Waals surface area contributed by atoms with Gasteiger partial charge in [0.1, 0.15) is 11.6 Å². The number of hydrogen-bond acceptors (Lipinski definition) is 4. The maximum atomic E-state index is 5.86. The quantitative estimate of drug-likeness (QED) is 0.822. The number of ether oxygens (including phenoxy) is 1. The van der Waals surface area contributed by atoms with Crippen LogP contribution >= 0.6 is 0 Å². The lowest BCUT2D eigenvalue weighted by molar-refractivity contribution is 0.371. The minimum absolute atomic E-state index is 0.528. The van der Waals surface area contributed by atoms with E-state index in [0.29, 0.717) is 11.9 Å². The number of nitrogens with one attached hydrogen (secondary N) is 1. The zero-order valence-electron chi connectivity index (χ0n) is 15.3. The minimum atomic E-state index is 0.528. The second-order valence-electron chi connectivity index (χ2n) is 6.84. The summed E-state index contributed by atoms with van der Waals surface area (Å²) in [4.78, 5) is 4.46. The molecule has 1 aliphatic rings. The molecule has 1 aromatic carbocycles. The first-order valence-corrected chi connectivity index (χ1v) is 9.37. The fourth-order valence-electron chi connectivity index (χ4n) is 3.69. The van der Waals surface area contributed by atoms with Crippen LogP contribution in [0.15, 0.2) is 30.3 Å². The van der Waals surface area contributed by atoms with Crippen LogP contribution in [0.2, 0.25) is 0 Å². The topological polar surface area (TPSA) is 60.2 Å². The van der Waals surface area contributed by atoms with Crippen molar-refractivity contribution in [1.82, 2.24) is 10.3 Å². The van der Waals surface area contributed by atoms with E-state index in [9.17, 15) is 0 Å². The highest BCUT2D eigenvalue weighted by Gasteiger charge is 2.16. The number of rotatable bonds is 6. The Bertz CT molecular complexity index is 708. The van der Waals surface area contributed by atoms with Gasteiger partial charge in [-0.15, -0.1) is 0 Å². The summed E-state index contributed by atoms with van der Waals surface area (Å²) < 4.78 is 5.66. The monoisotopic (exact) mass is 339 g/mol. The Morgan fingerprint density at radius 1 is 1.16 bits per heavy atom. The second-order valence-corrected chi connectivity index (χ2v) is 6.84. The normalized spacial score (nSPS) is 15.3. The molecular formula is C21H29N3O. The van der Waals surface area contributed by atoms with E-state index in [0.717, 1.165) is 30.0 Å². The molecule has 0 atom stereocenters. The largest absolute Gasteiger partial charge is 0.496 e. The van der Waals surface area contributed by atoms with Crippen LogP contribution in [0.3, 0.4) is 0 Å². The summed E-state index contributed by atoms with van der Waals surface area (Å²) in [5.74, 6) is 1.39. The van der Waals surface area contributed by atoms with E-state index in [-0.39, 0.29) is 0 Å². The number of methoxy groups -OCH3 is 1. The molecule has 0 aliphatic heterocycles. The average Bonchev–Trinajstić information content (AvgIpc) is 2.66. The lowest BCUT2D eigenvalue weighted by atomic mass is 9.94. The van der Waals surface area contributed by atoms with Crippen LogP contribution in [0.25, 0.3) is 11.3 Å². The molecule has 0 radical (unpaired) electrons. The third-order valence-corrected chi connectivity index (χ3v) is 5.14. The minimum Gasteiger partial charge on any atom is -0.496 e. The predicted molar refractivity (Wildman–Crippen MR) is 104 cm³/mol. The van der Waals surface area contributed by atoms with Crippen LogP contribution in [-0.4, -0.2) is 18.1 Å². The van der Waals surface area contributed by atoms with E-state index < -0.39 is 0 Å². The summed E-state index contributed by atoms with van der Waals surface area (Å²) in [6.07, 6.45) is 7.66. The van der Waals surface area contributed by atoms with Gasteiger partial charge in [-0.3, -0.25) is 0 Å². The van der Waals surface area contributed by atoms with Crippen molar-refractivity contribution < 1.29 is 4.74 Å². The lowest BCUT2D eigenvalue weighted by Gasteiger charge is -2.24. The third kappa shape index (κ3) is 4.31. The average molecular weight is 339 g/mol. The first-order chi connectivity index (χ1) is 12.2. The van der Waals surface area contributed by atoms with Crippen molar-refractivity contribution in [1.29, 1.82) is 0 Å². The predicted octanol–water partition coefficient (Wildman–Crippen LogP) is 4.32. The van der Waals surface area contributed by atoms with E-state index in [1.165, 1.54) is 43.2 Å². The molecule has 0 bridgehead atoms. The molecule has 25 heavy (non-hydrogen) atoms. The SMILES string of the molecule is CCc1cc(-c2cccc(N)n2)c(OC)cc1CNC1CCCCC1. The zero-order chi connectivity index (χ0) is 17.6. The number of nitrogens with zero attached hydrogens (tertiary/aromatic N) is 1. The lowest BCUT2D eigenvalue weighted by Crippen LogP contribution is -2.30. The van der Waals surface area contributed by atoms with Crippen molar-refractivity contribution in [3.63, 3.8) is 0 Å². The van der Waals surface area contributed by atoms with Gasteiger partial charge in [0.15, 0.2) is 0 Å². The summed E-state index contributed by atoms with van der Waals surface area (Å²) in [6, 6.07) is 10.7. The molecule has 4 heteroatoms. The molecule has 3 rings (SSSR count). The van der Waals surface area contributed by atoms with Crippen molar-refractivity contribution in [2.45, 2.75) is 58.0 Å². The van der Waals surface area contributed by atoms with Crippen LogP contribution in [0.1, 0.15) is 50.2 Å². The maximum Gasteiger partial charge on any atom is 0.128 e. The first kappa shape index (κ1) is 17.7. The van der Waals surface area contributed by atoms with Gasteiger partial charge in [0.2, 0.25) is 0 Å². The van der Waals surface area contributed by atoms with Gasteiger partial charge >= 0.3 is 0 Å². The van der Waals surface area contributed by atoms with Gasteiger partial charge in [-0.05, 0) is 54.7 Å².